The molecule has 0 aliphatic carbocycles. The van der Waals surface area contributed by atoms with Gasteiger partial charge in [-0.1, -0.05) is 6.07 Å². The van der Waals surface area contributed by atoms with Crippen molar-refractivity contribution in [2.75, 3.05) is 21.3 Å². The minimum absolute atomic E-state index is 0.454. The molecule has 22 heavy (non-hydrogen) atoms. The van der Waals surface area contributed by atoms with Crippen LogP contribution in [0.1, 0.15) is 11.3 Å². The Hall–Kier alpha value is -3.00. The Bertz CT molecular complexity index is 693. The molecule has 0 saturated carbocycles. The molecular formula is C17H16N2O3. The highest BCUT2D eigenvalue weighted by Gasteiger charge is 2.13. The van der Waals surface area contributed by atoms with Crippen molar-refractivity contribution < 1.29 is 14.2 Å². The molecule has 1 heterocycles. The quantitative estimate of drug-likeness (QED) is 0.793. The van der Waals surface area contributed by atoms with Crippen LogP contribution in [0.25, 0.3) is 11.6 Å². The number of benzene rings is 1. The van der Waals surface area contributed by atoms with Crippen molar-refractivity contribution in [1.29, 1.82) is 5.26 Å². The molecule has 0 unspecified atom stereocenters. The van der Waals surface area contributed by atoms with Gasteiger partial charge in [0.1, 0.15) is 6.07 Å². The van der Waals surface area contributed by atoms with Gasteiger partial charge >= 0.3 is 0 Å². The Morgan fingerprint density at radius 1 is 1.09 bits per heavy atom. The summed E-state index contributed by atoms with van der Waals surface area (Å²) in [6, 6.07) is 11.1. The lowest BCUT2D eigenvalue weighted by Crippen LogP contribution is -1.96. The van der Waals surface area contributed by atoms with Crippen LogP contribution in [-0.2, 0) is 0 Å². The van der Waals surface area contributed by atoms with Crippen molar-refractivity contribution in [3.63, 3.8) is 0 Å². The lowest BCUT2D eigenvalue weighted by Gasteiger charge is -2.13. The van der Waals surface area contributed by atoms with Crippen molar-refractivity contribution in [2.45, 2.75) is 0 Å². The first-order valence-electron chi connectivity index (χ1n) is 6.56. The number of rotatable bonds is 5. The SMILES string of the molecule is COc1cc(/C=C(\C#N)c2ccccn2)cc(OC)c1OC. The van der Waals surface area contributed by atoms with Crippen molar-refractivity contribution in [1.82, 2.24) is 4.98 Å². The second kappa shape index (κ2) is 7.14. The highest BCUT2D eigenvalue weighted by atomic mass is 16.5. The summed E-state index contributed by atoms with van der Waals surface area (Å²) in [5.74, 6) is 1.58. The van der Waals surface area contributed by atoms with Crippen LogP contribution in [0.3, 0.4) is 0 Å². The zero-order valence-corrected chi connectivity index (χ0v) is 12.7. The lowest BCUT2D eigenvalue weighted by molar-refractivity contribution is 0.324. The fraction of sp³-hybridized carbons (Fsp3) is 0.176. The van der Waals surface area contributed by atoms with Crippen LogP contribution in [0, 0.1) is 11.3 Å². The van der Waals surface area contributed by atoms with Gasteiger partial charge in [-0.05, 0) is 35.9 Å². The molecule has 0 N–H and O–H groups in total. The summed E-state index contributed by atoms with van der Waals surface area (Å²) in [4.78, 5) is 4.19. The molecule has 5 nitrogen and oxygen atoms in total. The normalized spacial score (nSPS) is 10.7. The third-order valence-corrected chi connectivity index (χ3v) is 3.06. The van der Waals surface area contributed by atoms with Crippen LogP contribution in [0.5, 0.6) is 17.2 Å². The van der Waals surface area contributed by atoms with Gasteiger partial charge in [0.2, 0.25) is 5.75 Å². The Kier molecular flexibility index (Phi) is 4.99. The molecule has 112 valence electrons. The molecule has 2 rings (SSSR count). The Labute approximate surface area is 129 Å². The number of nitrogens with zero attached hydrogens (tertiary/aromatic N) is 2. The largest absolute Gasteiger partial charge is 0.493 e. The molecule has 0 bridgehead atoms. The van der Waals surface area contributed by atoms with E-state index in [0.717, 1.165) is 5.56 Å². The number of methoxy groups -OCH3 is 3. The van der Waals surface area contributed by atoms with Gasteiger partial charge in [-0.25, -0.2) is 0 Å². The summed E-state index contributed by atoms with van der Waals surface area (Å²) in [6.07, 6.45) is 3.38. The fourth-order valence-corrected chi connectivity index (χ4v) is 2.04. The molecule has 0 fully saturated rings. The predicted molar refractivity (Wildman–Crippen MR) is 83.8 cm³/mol. The second-order valence-corrected chi connectivity index (χ2v) is 4.34. The summed E-state index contributed by atoms with van der Waals surface area (Å²) in [5.41, 5.74) is 1.82. The first-order valence-corrected chi connectivity index (χ1v) is 6.56. The van der Waals surface area contributed by atoms with Gasteiger partial charge in [-0.2, -0.15) is 5.26 Å². The van der Waals surface area contributed by atoms with E-state index in [1.54, 1.807) is 57.9 Å². The first-order chi connectivity index (χ1) is 10.7. The molecule has 2 aromatic rings. The van der Waals surface area contributed by atoms with Crippen LogP contribution in [0.4, 0.5) is 0 Å². The number of nitriles is 1. The van der Waals surface area contributed by atoms with Gasteiger partial charge in [0, 0.05) is 6.20 Å². The third kappa shape index (κ3) is 3.18. The highest BCUT2D eigenvalue weighted by Crippen LogP contribution is 2.38. The van der Waals surface area contributed by atoms with E-state index in [1.807, 2.05) is 6.07 Å². The van der Waals surface area contributed by atoms with E-state index >= 15 is 0 Å². The number of pyridine rings is 1. The number of hydrogen-bond donors (Lipinski definition) is 0. The van der Waals surface area contributed by atoms with Crippen molar-refractivity contribution >= 4 is 11.6 Å². The van der Waals surface area contributed by atoms with Crippen LogP contribution in [-0.4, -0.2) is 26.3 Å². The minimum atomic E-state index is 0.454. The molecule has 0 atom stereocenters. The summed E-state index contributed by atoms with van der Waals surface area (Å²) < 4.78 is 15.9. The second-order valence-electron chi connectivity index (χ2n) is 4.34. The zero-order chi connectivity index (χ0) is 15.9. The van der Waals surface area contributed by atoms with Gasteiger partial charge < -0.3 is 14.2 Å². The third-order valence-electron chi connectivity index (χ3n) is 3.06. The van der Waals surface area contributed by atoms with Gasteiger partial charge in [0.25, 0.3) is 0 Å². The van der Waals surface area contributed by atoms with Crippen molar-refractivity contribution in [3.05, 3.63) is 47.8 Å². The average Bonchev–Trinajstić information content (AvgIpc) is 2.59. The van der Waals surface area contributed by atoms with E-state index in [1.165, 1.54) is 0 Å². The zero-order valence-electron chi connectivity index (χ0n) is 12.7. The van der Waals surface area contributed by atoms with E-state index in [4.69, 9.17) is 14.2 Å². The highest BCUT2D eigenvalue weighted by molar-refractivity contribution is 5.88. The summed E-state index contributed by atoms with van der Waals surface area (Å²) in [5, 5.41) is 9.35. The Balaban J connectivity index is 2.53. The van der Waals surface area contributed by atoms with E-state index in [2.05, 4.69) is 11.1 Å². The van der Waals surface area contributed by atoms with Gasteiger partial charge in [0.05, 0.1) is 32.6 Å². The van der Waals surface area contributed by atoms with E-state index in [0.29, 0.717) is 28.5 Å². The number of allylic oxidation sites excluding steroid dienone is 1. The van der Waals surface area contributed by atoms with Gasteiger partial charge in [-0.15, -0.1) is 0 Å². The maximum absolute atomic E-state index is 9.35. The van der Waals surface area contributed by atoms with E-state index in [9.17, 15) is 5.26 Å². The molecule has 0 spiro atoms. The maximum atomic E-state index is 9.35. The van der Waals surface area contributed by atoms with Crippen LogP contribution >= 0.6 is 0 Å². The Morgan fingerprint density at radius 3 is 2.23 bits per heavy atom. The number of hydrogen-bond acceptors (Lipinski definition) is 5. The molecule has 1 aromatic heterocycles. The first kappa shape index (κ1) is 15.4. The monoisotopic (exact) mass is 296 g/mol. The number of ether oxygens (including phenoxy) is 3. The lowest BCUT2D eigenvalue weighted by atomic mass is 10.1. The molecule has 0 aliphatic rings. The molecule has 5 heteroatoms. The smallest absolute Gasteiger partial charge is 0.203 e. The molecule has 0 saturated heterocycles. The summed E-state index contributed by atoms with van der Waals surface area (Å²) in [7, 11) is 4.65. The van der Waals surface area contributed by atoms with Gasteiger partial charge in [0.15, 0.2) is 11.5 Å². The minimum Gasteiger partial charge on any atom is -0.493 e. The molecular weight excluding hydrogens is 280 g/mol. The van der Waals surface area contributed by atoms with E-state index < -0.39 is 0 Å². The van der Waals surface area contributed by atoms with Crippen LogP contribution < -0.4 is 14.2 Å². The van der Waals surface area contributed by atoms with Crippen molar-refractivity contribution in [2.24, 2.45) is 0 Å². The van der Waals surface area contributed by atoms with Gasteiger partial charge in [-0.3, -0.25) is 4.98 Å². The Morgan fingerprint density at radius 2 is 1.77 bits per heavy atom. The summed E-state index contributed by atoms with van der Waals surface area (Å²) >= 11 is 0. The molecule has 1 aromatic carbocycles. The average molecular weight is 296 g/mol. The van der Waals surface area contributed by atoms with Crippen LogP contribution in [0.15, 0.2) is 36.5 Å². The topological polar surface area (TPSA) is 64.4 Å². The van der Waals surface area contributed by atoms with Crippen LogP contribution in [0.2, 0.25) is 0 Å². The fourth-order valence-electron chi connectivity index (χ4n) is 2.04. The summed E-state index contributed by atoms with van der Waals surface area (Å²) in [6.45, 7) is 0. The number of aromatic nitrogens is 1. The van der Waals surface area contributed by atoms with Crippen molar-refractivity contribution in [3.8, 4) is 23.3 Å². The predicted octanol–water partition coefficient (Wildman–Crippen LogP) is 3.17. The molecule has 0 aliphatic heterocycles. The maximum Gasteiger partial charge on any atom is 0.203 e. The molecule has 0 radical (unpaired) electrons. The molecule has 0 amide bonds. The van der Waals surface area contributed by atoms with E-state index in [-0.39, 0.29) is 0 Å². The standard InChI is InChI=1S/C17H16N2O3/c1-20-15-9-12(10-16(21-2)17(15)22-3)8-13(11-18)14-6-4-5-7-19-14/h4-10H,1-3H3/b13-8+.